The van der Waals surface area contributed by atoms with E-state index >= 15 is 0 Å². The summed E-state index contributed by atoms with van der Waals surface area (Å²) in [5.41, 5.74) is 4.84. The Morgan fingerprint density at radius 2 is 1.74 bits per heavy atom. The summed E-state index contributed by atoms with van der Waals surface area (Å²) in [6.07, 6.45) is 1.60. The number of furan rings is 1. The smallest absolute Gasteiger partial charge is 0.147 e. The van der Waals surface area contributed by atoms with Crippen LogP contribution in [0.4, 0.5) is 4.39 Å². The predicted octanol–water partition coefficient (Wildman–Crippen LogP) is 4.86. The topological polar surface area (TPSA) is 37.5 Å². The molecule has 0 aliphatic heterocycles. The van der Waals surface area contributed by atoms with E-state index in [4.69, 9.17) is 16.0 Å². The lowest BCUT2D eigenvalue weighted by molar-refractivity contribution is 0.573. The highest BCUT2D eigenvalue weighted by atomic mass is 35.5. The van der Waals surface area contributed by atoms with Crippen LogP contribution in [0.5, 0.6) is 0 Å². The first-order valence-electron chi connectivity index (χ1n) is 7.07. The summed E-state index contributed by atoms with van der Waals surface area (Å²) in [6, 6.07) is 17.3. The normalized spacial score (nSPS) is 11.0. The Bertz CT molecular complexity index is 795. The second-order valence-electron chi connectivity index (χ2n) is 4.93. The van der Waals surface area contributed by atoms with E-state index in [2.05, 4.69) is 10.5 Å². The Labute approximate surface area is 138 Å². The third-order valence-electron chi connectivity index (χ3n) is 3.24. The molecule has 0 fully saturated rings. The summed E-state index contributed by atoms with van der Waals surface area (Å²) in [5, 5.41) is 4.83. The minimum Gasteiger partial charge on any atom is -0.455 e. The number of benzene rings is 2. The largest absolute Gasteiger partial charge is 0.455 e. The Balaban J connectivity index is 1.58. The third-order valence-corrected chi connectivity index (χ3v) is 3.49. The molecule has 1 heterocycles. The van der Waals surface area contributed by atoms with Crippen LogP contribution in [0.15, 0.2) is 70.2 Å². The highest BCUT2D eigenvalue weighted by Crippen LogP contribution is 2.21. The number of nitrogens with zero attached hydrogens (tertiary/aromatic N) is 1. The van der Waals surface area contributed by atoms with Crippen LogP contribution < -0.4 is 5.43 Å². The van der Waals surface area contributed by atoms with E-state index in [0.717, 1.165) is 11.1 Å². The second-order valence-corrected chi connectivity index (χ2v) is 5.36. The summed E-state index contributed by atoms with van der Waals surface area (Å²) in [6.45, 7) is 0.596. The van der Waals surface area contributed by atoms with E-state index in [0.29, 0.717) is 23.1 Å². The van der Waals surface area contributed by atoms with Gasteiger partial charge in [-0.2, -0.15) is 5.10 Å². The molecule has 0 saturated carbocycles. The molecule has 5 heteroatoms. The Kier molecular flexibility index (Phi) is 4.74. The summed E-state index contributed by atoms with van der Waals surface area (Å²) in [4.78, 5) is 0. The zero-order chi connectivity index (χ0) is 16.1. The lowest BCUT2D eigenvalue weighted by Crippen LogP contribution is -2.05. The molecule has 3 rings (SSSR count). The first-order valence-corrected chi connectivity index (χ1v) is 7.45. The van der Waals surface area contributed by atoms with Gasteiger partial charge in [-0.1, -0.05) is 23.7 Å². The number of hydrazone groups is 1. The standard InChI is InChI=1S/C18H14ClFN2O/c19-15-5-1-13(2-6-15)11-21-22-12-17-9-10-18(23-17)14-3-7-16(20)8-4-14/h1-10,12,21H,11H2/b22-12-. The van der Waals surface area contributed by atoms with Gasteiger partial charge >= 0.3 is 0 Å². The monoisotopic (exact) mass is 328 g/mol. The van der Waals surface area contributed by atoms with Crippen molar-refractivity contribution in [2.75, 3.05) is 0 Å². The second kappa shape index (κ2) is 7.11. The van der Waals surface area contributed by atoms with E-state index in [1.807, 2.05) is 36.4 Å². The molecule has 0 amide bonds. The number of rotatable bonds is 5. The van der Waals surface area contributed by atoms with E-state index in [1.54, 1.807) is 18.3 Å². The van der Waals surface area contributed by atoms with Crippen molar-refractivity contribution in [2.45, 2.75) is 6.54 Å². The van der Waals surface area contributed by atoms with Gasteiger partial charge in [0.15, 0.2) is 0 Å². The number of halogens is 2. The van der Waals surface area contributed by atoms with Crippen molar-refractivity contribution in [1.82, 2.24) is 5.43 Å². The maximum atomic E-state index is 12.9. The van der Waals surface area contributed by atoms with Crippen molar-refractivity contribution >= 4 is 17.8 Å². The fourth-order valence-corrected chi connectivity index (χ4v) is 2.17. The van der Waals surface area contributed by atoms with Gasteiger partial charge in [0, 0.05) is 10.6 Å². The molecule has 23 heavy (non-hydrogen) atoms. The van der Waals surface area contributed by atoms with Gasteiger partial charge in [0.2, 0.25) is 0 Å². The average Bonchev–Trinajstić information content (AvgIpc) is 3.03. The lowest BCUT2D eigenvalue weighted by Gasteiger charge is -2.00. The fourth-order valence-electron chi connectivity index (χ4n) is 2.04. The third kappa shape index (κ3) is 4.20. The van der Waals surface area contributed by atoms with Gasteiger partial charge < -0.3 is 9.84 Å². The molecule has 1 N–H and O–H groups in total. The summed E-state index contributed by atoms with van der Waals surface area (Å²) < 4.78 is 18.6. The molecule has 0 saturated heterocycles. The summed E-state index contributed by atoms with van der Waals surface area (Å²) in [7, 11) is 0. The molecule has 0 spiro atoms. The number of nitrogens with one attached hydrogen (secondary N) is 1. The van der Waals surface area contributed by atoms with Gasteiger partial charge in [0.1, 0.15) is 17.3 Å². The molecule has 0 atom stereocenters. The van der Waals surface area contributed by atoms with Gasteiger partial charge in [-0.05, 0) is 54.1 Å². The van der Waals surface area contributed by atoms with Crippen LogP contribution in [0.1, 0.15) is 11.3 Å². The number of hydrogen-bond donors (Lipinski definition) is 1. The van der Waals surface area contributed by atoms with Crippen molar-refractivity contribution in [3.63, 3.8) is 0 Å². The van der Waals surface area contributed by atoms with Gasteiger partial charge in [-0.15, -0.1) is 0 Å². The molecule has 0 radical (unpaired) electrons. The highest BCUT2D eigenvalue weighted by Gasteiger charge is 2.03. The number of hydrogen-bond acceptors (Lipinski definition) is 3. The molecular weight excluding hydrogens is 315 g/mol. The summed E-state index contributed by atoms with van der Waals surface area (Å²) in [5.74, 6) is 1.02. The maximum absolute atomic E-state index is 12.9. The van der Waals surface area contributed by atoms with E-state index in [1.165, 1.54) is 12.1 Å². The van der Waals surface area contributed by atoms with Gasteiger partial charge in [-0.3, -0.25) is 0 Å². The Hall–Kier alpha value is -2.59. The molecule has 0 bridgehead atoms. The molecule has 3 nitrogen and oxygen atoms in total. The van der Waals surface area contributed by atoms with Crippen LogP contribution in [0.2, 0.25) is 5.02 Å². The van der Waals surface area contributed by atoms with Crippen molar-refractivity contribution < 1.29 is 8.81 Å². The maximum Gasteiger partial charge on any atom is 0.147 e. The Morgan fingerprint density at radius 1 is 1.00 bits per heavy atom. The zero-order valence-corrected chi connectivity index (χ0v) is 12.9. The van der Waals surface area contributed by atoms with Gasteiger partial charge in [-0.25, -0.2) is 4.39 Å². The molecule has 116 valence electrons. The molecule has 3 aromatic rings. The zero-order valence-electron chi connectivity index (χ0n) is 12.2. The van der Waals surface area contributed by atoms with Crippen LogP contribution in [0, 0.1) is 5.82 Å². The van der Waals surface area contributed by atoms with Crippen molar-refractivity contribution in [3.8, 4) is 11.3 Å². The quantitative estimate of drug-likeness (QED) is 0.536. The molecule has 0 aliphatic carbocycles. The van der Waals surface area contributed by atoms with E-state index in [9.17, 15) is 4.39 Å². The molecule has 0 aliphatic rings. The van der Waals surface area contributed by atoms with Crippen LogP contribution in [0.25, 0.3) is 11.3 Å². The fraction of sp³-hybridized carbons (Fsp3) is 0.0556. The van der Waals surface area contributed by atoms with Crippen molar-refractivity contribution in [1.29, 1.82) is 0 Å². The summed E-state index contributed by atoms with van der Waals surface area (Å²) >= 11 is 5.83. The van der Waals surface area contributed by atoms with Crippen LogP contribution >= 0.6 is 11.6 Å². The van der Waals surface area contributed by atoms with Gasteiger partial charge in [0.05, 0.1) is 12.8 Å². The molecular formula is C18H14ClFN2O. The van der Waals surface area contributed by atoms with Crippen LogP contribution in [-0.4, -0.2) is 6.21 Å². The van der Waals surface area contributed by atoms with E-state index < -0.39 is 0 Å². The molecule has 1 aromatic heterocycles. The minimum atomic E-state index is -0.270. The predicted molar refractivity (Wildman–Crippen MR) is 90.0 cm³/mol. The minimum absolute atomic E-state index is 0.270. The van der Waals surface area contributed by atoms with Gasteiger partial charge in [0.25, 0.3) is 0 Å². The first kappa shape index (κ1) is 15.3. The van der Waals surface area contributed by atoms with E-state index in [-0.39, 0.29) is 5.82 Å². The highest BCUT2D eigenvalue weighted by molar-refractivity contribution is 6.30. The molecule has 0 unspecified atom stereocenters. The Morgan fingerprint density at radius 3 is 2.48 bits per heavy atom. The van der Waals surface area contributed by atoms with Crippen molar-refractivity contribution in [3.05, 3.63) is 82.8 Å². The molecule has 2 aromatic carbocycles. The van der Waals surface area contributed by atoms with Crippen LogP contribution in [0.3, 0.4) is 0 Å². The first-order chi connectivity index (χ1) is 11.2. The van der Waals surface area contributed by atoms with Crippen molar-refractivity contribution in [2.24, 2.45) is 5.10 Å². The lowest BCUT2D eigenvalue weighted by atomic mass is 10.2. The average molecular weight is 329 g/mol. The van der Waals surface area contributed by atoms with Crippen LogP contribution in [-0.2, 0) is 6.54 Å². The SMILES string of the molecule is Fc1ccc(-c2ccc(/C=N\NCc3ccc(Cl)cc3)o2)cc1.